The van der Waals surface area contributed by atoms with Crippen LogP contribution in [0.25, 0.3) is 0 Å². The minimum absolute atomic E-state index is 0.0177. The van der Waals surface area contributed by atoms with Crippen LogP contribution in [0.5, 0.6) is 0 Å². The van der Waals surface area contributed by atoms with Crippen molar-refractivity contribution in [1.82, 2.24) is 14.9 Å². The third-order valence-electron chi connectivity index (χ3n) is 6.95. The lowest BCUT2D eigenvalue weighted by Crippen LogP contribution is -2.43. The molecule has 35 heavy (non-hydrogen) atoms. The van der Waals surface area contributed by atoms with Gasteiger partial charge in [-0.25, -0.2) is 4.98 Å². The lowest BCUT2D eigenvalue weighted by atomic mass is 9.83. The minimum atomic E-state index is -2.54. The van der Waals surface area contributed by atoms with Crippen LogP contribution in [0.15, 0.2) is 36.7 Å². The van der Waals surface area contributed by atoms with Gasteiger partial charge < -0.3 is 13.9 Å². The molecule has 0 saturated heterocycles. The molecule has 0 N–H and O–H groups in total. The van der Waals surface area contributed by atoms with Crippen molar-refractivity contribution in [2.75, 3.05) is 13.2 Å². The lowest BCUT2D eigenvalue weighted by molar-refractivity contribution is -0.123. The SMILES string of the molecule is C=P(OCC)(OCC)c1cnc(CC(=O)C(CC2CCCCC2)N2Cc3ccccc3C2=O)cn1. The zero-order valence-electron chi connectivity index (χ0n) is 20.8. The summed E-state index contributed by atoms with van der Waals surface area (Å²) >= 11 is 0. The average Bonchev–Trinajstić information content (AvgIpc) is 3.20. The second kappa shape index (κ2) is 11.6. The summed E-state index contributed by atoms with van der Waals surface area (Å²) in [7, 11) is -2.54. The Labute approximate surface area is 208 Å². The number of rotatable bonds is 11. The van der Waals surface area contributed by atoms with Crippen LogP contribution in [-0.4, -0.2) is 52.1 Å². The van der Waals surface area contributed by atoms with Crippen LogP contribution < -0.4 is 5.44 Å². The number of hydrogen-bond acceptors (Lipinski definition) is 6. The number of ketones is 1. The molecule has 1 saturated carbocycles. The summed E-state index contributed by atoms with van der Waals surface area (Å²) in [6, 6.07) is 7.20. The number of Topliss-reactive ketones (excluding diaryl/α,β-unsaturated/α-hetero) is 1. The minimum Gasteiger partial charge on any atom is -0.333 e. The molecule has 1 aromatic heterocycles. The van der Waals surface area contributed by atoms with E-state index < -0.39 is 13.4 Å². The molecule has 1 aliphatic heterocycles. The first kappa shape index (κ1) is 25.7. The van der Waals surface area contributed by atoms with Crippen molar-refractivity contribution in [3.05, 3.63) is 53.5 Å². The van der Waals surface area contributed by atoms with Crippen molar-refractivity contribution in [3.8, 4) is 0 Å². The van der Waals surface area contributed by atoms with Gasteiger partial charge in [0.2, 0.25) is 0 Å². The molecule has 1 atom stereocenters. The van der Waals surface area contributed by atoms with Gasteiger partial charge in [0.25, 0.3) is 5.91 Å². The number of aromatic nitrogens is 2. The van der Waals surface area contributed by atoms with Crippen molar-refractivity contribution in [2.24, 2.45) is 5.92 Å². The van der Waals surface area contributed by atoms with Gasteiger partial charge >= 0.3 is 0 Å². The van der Waals surface area contributed by atoms with E-state index in [1.165, 1.54) is 19.3 Å². The second-order valence-corrected chi connectivity index (χ2v) is 11.7. The molecule has 2 aliphatic rings. The molecular weight excluding hydrogens is 461 g/mol. The molecule has 2 aromatic rings. The highest BCUT2D eigenvalue weighted by Crippen LogP contribution is 2.45. The molecule has 0 spiro atoms. The highest BCUT2D eigenvalue weighted by atomic mass is 31.2. The quantitative estimate of drug-likeness (QED) is 0.424. The van der Waals surface area contributed by atoms with E-state index in [0.29, 0.717) is 48.8 Å². The number of carbonyl (C=O) groups is 2. The Morgan fingerprint density at radius 3 is 2.46 bits per heavy atom. The van der Waals surface area contributed by atoms with E-state index in [0.717, 1.165) is 18.4 Å². The molecule has 1 aromatic carbocycles. The fourth-order valence-corrected chi connectivity index (χ4v) is 6.84. The first-order valence-corrected chi connectivity index (χ1v) is 14.5. The Morgan fingerprint density at radius 2 is 1.83 bits per heavy atom. The topological polar surface area (TPSA) is 81.6 Å². The standard InChI is InChI=1S/C27H36N3O4P/c1-4-33-35(3,34-5-2)26-18-28-22(17-29-26)16-25(31)24(15-20-11-7-6-8-12-20)30-19-21-13-9-10-14-23(21)27(30)32/h9-10,13-14,17-18,20,24H,3-8,11-12,15-16,19H2,1-2H3. The summed E-state index contributed by atoms with van der Waals surface area (Å²) in [6.45, 7) is 5.20. The largest absolute Gasteiger partial charge is 0.333 e. The van der Waals surface area contributed by atoms with E-state index in [1.54, 1.807) is 17.3 Å². The van der Waals surface area contributed by atoms with Crippen molar-refractivity contribution in [1.29, 1.82) is 0 Å². The molecule has 0 radical (unpaired) electrons. The summed E-state index contributed by atoms with van der Waals surface area (Å²) in [4.78, 5) is 37.7. The molecule has 1 unspecified atom stereocenters. The van der Waals surface area contributed by atoms with Crippen molar-refractivity contribution >= 4 is 30.8 Å². The zero-order chi connectivity index (χ0) is 24.8. The maximum absolute atomic E-state index is 13.6. The van der Waals surface area contributed by atoms with Gasteiger partial charge in [-0.3, -0.25) is 14.6 Å². The van der Waals surface area contributed by atoms with E-state index >= 15 is 0 Å². The number of hydrogen-bond donors (Lipinski definition) is 0. The molecule has 1 fully saturated rings. The molecule has 1 aliphatic carbocycles. The normalized spacial score (nSPS) is 17.4. The van der Waals surface area contributed by atoms with Gasteiger partial charge in [0.05, 0.1) is 37.6 Å². The van der Waals surface area contributed by atoms with Crippen molar-refractivity contribution in [3.63, 3.8) is 0 Å². The van der Waals surface area contributed by atoms with E-state index in [4.69, 9.17) is 9.05 Å². The molecule has 2 heterocycles. The third-order valence-corrected chi connectivity index (χ3v) is 9.23. The average molecular weight is 498 g/mol. The predicted molar refractivity (Wildman–Crippen MR) is 139 cm³/mol. The van der Waals surface area contributed by atoms with Crippen LogP contribution in [0.2, 0.25) is 0 Å². The number of amides is 1. The Balaban J connectivity index is 1.52. The van der Waals surface area contributed by atoms with E-state index in [-0.39, 0.29) is 18.1 Å². The summed E-state index contributed by atoms with van der Waals surface area (Å²) in [6.07, 6.45) is 14.1. The van der Waals surface area contributed by atoms with Gasteiger partial charge in [0.1, 0.15) is 5.44 Å². The van der Waals surface area contributed by atoms with E-state index in [1.807, 2.05) is 38.1 Å². The Kier molecular flexibility index (Phi) is 8.53. The first-order chi connectivity index (χ1) is 16.9. The van der Waals surface area contributed by atoms with Crippen LogP contribution in [0.4, 0.5) is 0 Å². The molecule has 8 heteroatoms. The highest BCUT2D eigenvalue weighted by Gasteiger charge is 2.37. The van der Waals surface area contributed by atoms with Gasteiger partial charge in [-0.2, -0.15) is 0 Å². The molecule has 7 nitrogen and oxygen atoms in total. The summed E-state index contributed by atoms with van der Waals surface area (Å²) in [5.74, 6) is 0.442. The zero-order valence-corrected chi connectivity index (χ0v) is 21.7. The van der Waals surface area contributed by atoms with Gasteiger partial charge in [0, 0.05) is 18.3 Å². The highest BCUT2D eigenvalue weighted by molar-refractivity contribution is 7.71. The third kappa shape index (κ3) is 5.91. The predicted octanol–water partition coefficient (Wildman–Crippen LogP) is 4.56. The summed E-state index contributed by atoms with van der Waals surface area (Å²) in [5, 5.41) is 0. The van der Waals surface area contributed by atoms with Gasteiger partial charge in [-0.05, 0) is 44.1 Å². The van der Waals surface area contributed by atoms with Crippen LogP contribution in [-0.2, 0) is 26.8 Å². The maximum Gasteiger partial charge on any atom is 0.255 e. The molecule has 0 bridgehead atoms. The van der Waals surface area contributed by atoms with Crippen LogP contribution in [0.1, 0.15) is 74.0 Å². The fraction of sp³-hybridized carbons (Fsp3) is 0.519. The molecule has 4 rings (SSSR count). The number of fused-ring (bicyclic) bond motifs is 1. The van der Waals surface area contributed by atoms with Gasteiger partial charge in [0.15, 0.2) is 13.1 Å². The Morgan fingerprint density at radius 1 is 1.11 bits per heavy atom. The van der Waals surface area contributed by atoms with E-state index in [9.17, 15) is 9.59 Å². The number of carbonyl (C=O) groups excluding carboxylic acids is 2. The summed E-state index contributed by atoms with van der Waals surface area (Å²) in [5.41, 5.74) is 2.85. The lowest BCUT2D eigenvalue weighted by Gasteiger charge is -2.31. The Hall–Kier alpha value is -2.34. The van der Waals surface area contributed by atoms with Crippen LogP contribution in [0, 0.1) is 5.92 Å². The molecule has 188 valence electrons. The molecule has 1 amide bonds. The monoisotopic (exact) mass is 497 g/mol. The van der Waals surface area contributed by atoms with Gasteiger partial charge in [-0.1, -0.05) is 50.3 Å². The van der Waals surface area contributed by atoms with Crippen LogP contribution in [0.3, 0.4) is 0 Å². The summed E-state index contributed by atoms with van der Waals surface area (Å²) < 4.78 is 11.5. The van der Waals surface area contributed by atoms with Crippen molar-refractivity contribution in [2.45, 2.75) is 71.4 Å². The fourth-order valence-electron chi connectivity index (χ4n) is 5.20. The Bertz CT molecular complexity index is 1070. The maximum atomic E-state index is 13.6. The van der Waals surface area contributed by atoms with Crippen molar-refractivity contribution < 1.29 is 18.6 Å². The number of benzene rings is 1. The second-order valence-electron chi connectivity index (χ2n) is 9.36. The smallest absolute Gasteiger partial charge is 0.255 e. The molecular formula is C27H36N3O4P. The van der Waals surface area contributed by atoms with Crippen LogP contribution >= 0.6 is 7.34 Å². The number of nitrogens with zero attached hydrogens (tertiary/aromatic N) is 3. The van der Waals surface area contributed by atoms with Gasteiger partial charge in [-0.15, -0.1) is 0 Å². The first-order valence-electron chi connectivity index (χ1n) is 12.7. The van der Waals surface area contributed by atoms with E-state index in [2.05, 4.69) is 16.3 Å².